The lowest BCUT2D eigenvalue weighted by Crippen LogP contribution is -2.18. The molecule has 0 bridgehead atoms. The van der Waals surface area contributed by atoms with E-state index in [-0.39, 0.29) is 0 Å². The average molecular weight is 198 g/mol. The number of halogens is 1. The molecule has 0 aromatic heterocycles. The van der Waals surface area contributed by atoms with Gasteiger partial charge in [0, 0.05) is 6.54 Å². The normalized spacial score (nSPS) is 14.3. The molecule has 0 saturated carbocycles. The van der Waals surface area contributed by atoms with Gasteiger partial charge in [0.2, 0.25) is 0 Å². The zero-order valence-electron chi connectivity index (χ0n) is 7.56. The summed E-state index contributed by atoms with van der Waals surface area (Å²) in [6.07, 6.45) is 0.952. The lowest BCUT2D eigenvalue weighted by molar-refractivity contribution is 0.323. The minimum absolute atomic E-state index is 0.717. The van der Waals surface area contributed by atoms with E-state index < -0.39 is 0 Å². The van der Waals surface area contributed by atoms with E-state index in [1.807, 2.05) is 12.1 Å². The number of hydrogen-bond donors (Lipinski definition) is 1. The van der Waals surface area contributed by atoms with Gasteiger partial charge in [-0.05, 0) is 18.1 Å². The van der Waals surface area contributed by atoms with E-state index in [9.17, 15) is 0 Å². The third-order valence-corrected chi connectivity index (χ3v) is 2.66. The summed E-state index contributed by atoms with van der Waals surface area (Å²) in [4.78, 5) is 0. The van der Waals surface area contributed by atoms with E-state index in [4.69, 9.17) is 16.3 Å². The number of hydrogen-bond acceptors (Lipinski definition) is 2. The van der Waals surface area contributed by atoms with Crippen LogP contribution in [0.3, 0.4) is 0 Å². The van der Waals surface area contributed by atoms with Gasteiger partial charge in [-0.1, -0.05) is 24.6 Å². The van der Waals surface area contributed by atoms with Crippen molar-refractivity contribution in [3.05, 3.63) is 22.7 Å². The predicted octanol–water partition coefficient (Wildman–Crippen LogP) is 2.71. The molecule has 0 spiro atoms. The Bertz CT molecular complexity index is 325. The number of anilines is 1. The van der Waals surface area contributed by atoms with Crippen LogP contribution in [0.15, 0.2) is 12.1 Å². The van der Waals surface area contributed by atoms with Gasteiger partial charge < -0.3 is 10.1 Å². The zero-order valence-corrected chi connectivity index (χ0v) is 8.32. The fourth-order valence-corrected chi connectivity index (χ4v) is 1.85. The van der Waals surface area contributed by atoms with Crippen molar-refractivity contribution >= 4 is 17.3 Å². The Hall–Kier alpha value is -0.890. The van der Waals surface area contributed by atoms with Crippen molar-refractivity contribution in [2.45, 2.75) is 13.3 Å². The molecule has 0 fully saturated rings. The van der Waals surface area contributed by atoms with E-state index in [0.29, 0.717) is 0 Å². The molecule has 1 aromatic carbocycles. The molecule has 1 aromatic rings. The molecule has 3 heteroatoms. The van der Waals surface area contributed by atoms with Gasteiger partial charge in [0.25, 0.3) is 0 Å². The maximum absolute atomic E-state index is 6.18. The maximum atomic E-state index is 6.18. The average Bonchev–Trinajstić information content (AvgIpc) is 2.19. The predicted molar refractivity (Wildman–Crippen MR) is 54.8 cm³/mol. The Balaban J connectivity index is 2.48. The zero-order chi connectivity index (χ0) is 9.26. The number of aryl methyl sites for hydroxylation is 1. The first-order valence-electron chi connectivity index (χ1n) is 4.51. The van der Waals surface area contributed by atoms with Crippen molar-refractivity contribution in [2.24, 2.45) is 0 Å². The van der Waals surface area contributed by atoms with Crippen LogP contribution in [0.1, 0.15) is 12.5 Å². The van der Waals surface area contributed by atoms with Crippen LogP contribution in [0.4, 0.5) is 5.69 Å². The fraction of sp³-hybridized carbons (Fsp3) is 0.400. The van der Waals surface area contributed by atoms with E-state index in [2.05, 4.69) is 12.2 Å². The highest BCUT2D eigenvalue weighted by atomic mass is 35.5. The number of benzene rings is 1. The van der Waals surface area contributed by atoms with Crippen molar-refractivity contribution in [3.63, 3.8) is 0 Å². The first kappa shape index (κ1) is 8.70. The van der Waals surface area contributed by atoms with Crippen LogP contribution < -0.4 is 10.1 Å². The molecule has 2 nitrogen and oxygen atoms in total. The van der Waals surface area contributed by atoms with E-state index in [1.54, 1.807) is 0 Å². The Morgan fingerprint density at radius 1 is 1.54 bits per heavy atom. The number of nitrogens with one attached hydrogen (secondary N) is 1. The summed E-state index contributed by atoms with van der Waals surface area (Å²) in [6, 6.07) is 4.00. The monoisotopic (exact) mass is 197 g/mol. The van der Waals surface area contributed by atoms with Gasteiger partial charge in [0.1, 0.15) is 12.4 Å². The lowest BCUT2D eigenvalue weighted by atomic mass is 10.1. The van der Waals surface area contributed by atoms with E-state index in [0.717, 1.165) is 36.0 Å². The van der Waals surface area contributed by atoms with Gasteiger partial charge in [-0.25, -0.2) is 0 Å². The quantitative estimate of drug-likeness (QED) is 0.748. The second-order valence-corrected chi connectivity index (χ2v) is 3.42. The summed E-state index contributed by atoms with van der Waals surface area (Å²) in [6.45, 7) is 3.64. The van der Waals surface area contributed by atoms with Gasteiger partial charge in [-0.15, -0.1) is 0 Å². The summed E-state index contributed by atoms with van der Waals surface area (Å²) < 4.78 is 5.46. The molecule has 0 unspecified atom stereocenters. The Morgan fingerprint density at radius 3 is 3.15 bits per heavy atom. The first-order valence-corrected chi connectivity index (χ1v) is 4.88. The highest BCUT2D eigenvalue weighted by Gasteiger charge is 2.14. The molecular formula is C10H12ClNO. The molecule has 1 N–H and O–H groups in total. The van der Waals surface area contributed by atoms with E-state index in [1.165, 1.54) is 5.56 Å². The Kier molecular flexibility index (Phi) is 2.32. The molecule has 0 saturated heterocycles. The van der Waals surface area contributed by atoms with Crippen LogP contribution in [-0.2, 0) is 6.42 Å². The lowest BCUT2D eigenvalue weighted by Gasteiger charge is -2.21. The molecule has 13 heavy (non-hydrogen) atoms. The summed E-state index contributed by atoms with van der Waals surface area (Å²) in [5.41, 5.74) is 2.12. The SMILES string of the molecule is CCc1ccc2c(c1Cl)NCCO2. The maximum Gasteiger partial charge on any atom is 0.144 e. The number of rotatable bonds is 1. The van der Waals surface area contributed by atoms with Crippen LogP contribution >= 0.6 is 11.6 Å². The second kappa shape index (κ2) is 3.46. The Labute approximate surface area is 82.9 Å². The van der Waals surface area contributed by atoms with Crippen molar-refractivity contribution in [1.29, 1.82) is 0 Å². The van der Waals surface area contributed by atoms with Crippen molar-refractivity contribution in [2.75, 3.05) is 18.5 Å². The smallest absolute Gasteiger partial charge is 0.144 e. The van der Waals surface area contributed by atoms with Crippen LogP contribution in [0.25, 0.3) is 0 Å². The van der Waals surface area contributed by atoms with Gasteiger partial charge in [-0.3, -0.25) is 0 Å². The molecule has 1 aliphatic rings. The van der Waals surface area contributed by atoms with Crippen molar-refractivity contribution in [1.82, 2.24) is 0 Å². The largest absolute Gasteiger partial charge is 0.490 e. The number of ether oxygens (including phenoxy) is 1. The third-order valence-electron chi connectivity index (χ3n) is 2.23. The van der Waals surface area contributed by atoms with Crippen LogP contribution in [0.5, 0.6) is 5.75 Å². The van der Waals surface area contributed by atoms with Crippen LogP contribution in [0.2, 0.25) is 5.02 Å². The van der Waals surface area contributed by atoms with Crippen molar-refractivity contribution < 1.29 is 4.74 Å². The molecule has 70 valence electrons. The molecule has 0 aliphatic carbocycles. The molecule has 0 radical (unpaired) electrons. The molecule has 0 amide bonds. The molecular weight excluding hydrogens is 186 g/mol. The highest BCUT2D eigenvalue weighted by molar-refractivity contribution is 6.34. The molecule has 2 rings (SSSR count). The van der Waals surface area contributed by atoms with E-state index >= 15 is 0 Å². The third kappa shape index (κ3) is 1.46. The van der Waals surface area contributed by atoms with Crippen LogP contribution in [-0.4, -0.2) is 13.2 Å². The van der Waals surface area contributed by atoms with Gasteiger partial charge in [0.15, 0.2) is 0 Å². The fourth-order valence-electron chi connectivity index (χ4n) is 1.50. The first-order chi connectivity index (χ1) is 6.33. The van der Waals surface area contributed by atoms with Crippen molar-refractivity contribution in [3.8, 4) is 5.75 Å². The molecule has 1 heterocycles. The standard InChI is InChI=1S/C10H12ClNO/c1-2-7-3-4-8-10(9(7)11)12-5-6-13-8/h3-4,12H,2,5-6H2,1H3. The topological polar surface area (TPSA) is 21.3 Å². The van der Waals surface area contributed by atoms with Crippen LogP contribution in [0, 0.1) is 0 Å². The molecule has 1 aliphatic heterocycles. The molecule has 0 atom stereocenters. The summed E-state index contributed by atoms with van der Waals surface area (Å²) in [5.74, 6) is 0.869. The van der Waals surface area contributed by atoms with Gasteiger partial charge in [0.05, 0.1) is 10.7 Å². The highest BCUT2D eigenvalue weighted by Crippen LogP contribution is 2.36. The minimum atomic E-state index is 0.717. The summed E-state index contributed by atoms with van der Waals surface area (Å²) in [5, 5.41) is 4.05. The van der Waals surface area contributed by atoms with Gasteiger partial charge >= 0.3 is 0 Å². The minimum Gasteiger partial charge on any atom is -0.490 e. The summed E-state index contributed by atoms with van der Waals surface area (Å²) in [7, 11) is 0. The Morgan fingerprint density at radius 2 is 2.38 bits per heavy atom. The summed E-state index contributed by atoms with van der Waals surface area (Å²) >= 11 is 6.18. The van der Waals surface area contributed by atoms with Gasteiger partial charge in [-0.2, -0.15) is 0 Å². The second-order valence-electron chi connectivity index (χ2n) is 3.04. The number of fused-ring (bicyclic) bond motifs is 1.